The van der Waals surface area contributed by atoms with E-state index in [4.69, 9.17) is 9.47 Å². The van der Waals surface area contributed by atoms with Gasteiger partial charge in [0.15, 0.2) is 0 Å². The van der Waals surface area contributed by atoms with Crippen molar-refractivity contribution in [3.63, 3.8) is 0 Å². The molecule has 1 aromatic rings. The van der Waals surface area contributed by atoms with E-state index in [1.807, 2.05) is 34.1 Å². The number of benzene rings is 1. The number of carbonyl (C=O) groups excluding carboxylic acids is 2. The van der Waals surface area contributed by atoms with Crippen LogP contribution in [-0.4, -0.2) is 74.8 Å². The summed E-state index contributed by atoms with van der Waals surface area (Å²) in [6.07, 6.45) is 2.19. The number of hydrogen-bond donors (Lipinski definition) is 1. The molecule has 2 aliphatic rings. The first-order chi connectivity index (χ1) is 13.2. The Bertz CT molecular complexity index is 638. The third kappa shape index (κ3) is 5.13. The van der Waals surface area contributed by atoms with Crippen LogP contribution in [0.2, 0.25) is 0 Å². The zero-order valence-corrected chi connectivity index (χ0v) is 16.0. The highest BCUT2D eigenvalue weighted by molar-refractivity contribution is 5.80. The molecule has 0 aliphatic carbocycles. The first-order valence-electron chi connectivity index (χ1n) is 9.70. The van der Waals surface area contributed by atoms with E-state index in [9.17, 15) is 9.59 Å². The van der Waals surface area contributed by atoms with Crippen molar-refractivity contribution >= 4 is 11.9 Å². The number of amides is 3. The van der Waals surface area contributed by atoms with E-state index in [-0.39, 0.29) is 17.9 Å². The van der Waals surface area contributed by atoms with Crippen LogP contribution >= 0.6 is 0 Å². The average molecular weight is 375 g/mol. The second-order valence-corrected chi connectivity index (χ2v) is 6.99. The number of morpholine rings is 1. The fourth-order valence-electron chi connectivity index (χ4n) is 3.70. The summed E-state index contributed by atoms with van der Waals surface area (Å²) in [5, 5.41) is 2.98. The highest BCUT2D eigenvalue weighted by Crippen LogP contribution is 2.21. The Labute approximate surface area is 160 Å². The summed E-state index contributed by atoms with van der Waals surface area (Å²) in [4.78, 5) is 28.7. The largest absolute Gasteiger partial charge is 0.496 e. The zero-order valence-electron chi connectivity index (χ0n) is 16.0. The van der Waals surface area contributed by atoms with Gasteiger partial charge in [-0.3, -0.25) is 4.79 Å². The van der Waals surface area contributed by atoms with Crippen LogP contribution in [0, 0.1) is 5.92 Å². The Morgan fingerprint density at radius 1 is 1.11 bits per heavy atom. The second-order valence-electron chi connectivity index (χ2n) is 6.99. The lowest BCUT2D eigenvalue weighted by atomic mass is 9.95. The number of likely N-dealkylation sites (tertiary alicyclic amines) is 1. The summed E-state index contributed by atoms with van der Waals surface area (Å²) < 4.78 is 10.6. The molecule has 0 atom stereocenters. The molecular formula is C20H29N3O4. The molecule has 3 rings (SSSR count). The van der Waals surface area contributed by atoms with Gasteiger partial charge in [-0.05, 0) is 30.9 Å². The minimum absolute atomic E-state index is 0.0285. The molecule has 0 spiro atoms. The van der Waals surface area contributed by atoms with E-state index in [0.29, 0.717) is 45.9 Å². The van der Waals surface area contributed by atoms with Gasteiger partial charge >= 0.3 is 6.03 Å². The van der Waals surface area contributed by atoms with Gasteiger partial charge in [-0.15, -0.1) is 0 Å². The van der Waals surface area contributed by atoms with Crippen LogP contribution in [0.25, 0.3) is 0 Å². The van der Waals surface area contributed by atoms with Crippen LogP contribution in [0.1, 0.15) is 18.4 Å². The first-order valence-corrected chi connectivity index (χ1v) is 9.70. The maximum absolute atomic E-state index is 12.6. The van der Waals surface area contributed by atoms with E-state index < -0.39 is 0 Å². The van der Waals surface area contributed by atoms with Crippen LogP contribution in [-0.2, 0) is 16.0 Å². The van der Waals surface area contributed by atoms with Gasteiger partial charge in [-0.1, -0.05) is 18.2 Å². The van der Waals surface area contributed by atoms with Gasteiger partial charge in [-0.2, -0.15) is 0 Å². The van der Waals surface area contributed by atoms with E-state index in [1.54, 1.807) is 7.11 Å². The Balaban J connectivity index is 1.40. The quantitative estimate of drug-likeness (QED) is 0.847. The van der Waals surface area contributed by atoms with Gasteiger partial charge in [0.2, 0.25) is 5.91 Å². The molecule has 0 saturated carbocycles. The van der Waals surface area contributed by atoms with Crippen molar-refractivity contribution < 1.29 is 19.1 Å². The average Bonchev–Trinajstić information content (AvgIpc) is 2.74. The van der Waals surface area contributed by atoms with Crippen molar-refractivity contribution in [2.75, 3.05) is 53.0 Å². The number of carbonyl (C=O) groups is 2. The number of ether oxygens (including phenoxy) is 2. The molecule has 7 nitrogen and oxygen atoms in total. The lowest BCUT2D eigenvalue weighted by Crippen LogP contribution is -2.49. The van der Waals surface area contributed by atoms with E-state index >= 15 is 0 Å². The van der Waals surface area contributed by atoms with Gasteiger partial charge in [0.1, 0.15) is 5.75 Å². The molecule has 2 aliphatic heterocycles. The Morgan fingerprint density at radius 2 is 1.81 bits per heavy atom. The van der Waals surface area contributed by atoms with Crippen molar-refractivity contribution in [2.24, 2.45) is 5.92 Å². The molecule has 0 aromatic heterocycles. The highest BCUT2D eigenvalue weighted by atomic mass is 16.5. The summed E-state index contributed by atoms with van der Waals surface area (Å²) in [5.74, 6) is 1.09. The summed E-state index contributed by atoms with van der Waals surface area (Å²) in [6.45, 7) is 4.43. The van der Waals surface area contributed by atoms with Gasteiger partial charge in [-0.25, -0.2) is 4.79 Å². The zero-order chi connectivity index (χ0) is 19.1. The van der Waals surface area contributed by atoms with Crippen molar-refractivity contribution in [2.45, 2.75) is 19.3 Å². The molecule has 2 fully saturated rings. The lowest BCUT2D eigenvalue weighted by molar-refractivity contribution is -0.141. The van der Waals surface area contributed by atoms with Gasteiger partial charge < -0.3 is 24.6 Å². The Hall–Kier alpha value is -2.28. The second kappa shape index (κ2) is 9.60. The molecule has 3 amide bonds. The third-order valence-corrected chi connectivity index (χ3v) is 5.32. The molecule has 0 radical (unpaired) electrons. The van der Waals surface area contributed by atoms with Crippen molar-refractivity contribution in [3.8, 4) is 5.75 Å². The predicted octanol–water partition coefficient (Wildman–Crippen LogP) is 1.52. The Morgan fingerprint density at radius 3 is 2.52 bits per heavy atom. The predicted molar refractivity (Wildman–Crippen MR) is 102 cm³/mol. The number of para-hydroxylation sites is 1. The normalized spacial score (nSPS) is 18.3. The van der Waals surface area contributed by atoms with Crippen LogP contribution in [0.4, 0.5) is 4.79 Å². The lowest BCUT2D eigenvalue weighted by Gasteiger charge is -2.35. The molecule has 0 bridgehead atoms. The summed E-state index contributed by atoms with van der Waals surface area (Å²) in [7, 11) is 1.65. The fraction of sp³-hybridized carbons (Fsp3) is 0.600. The monoisotopic (exact) mass is 375 g/mol. The number of hydrogen-bond acceptors (Lipinski definition) is 4. The van der Waals surface area contributed by atoms with E-state index in [2.05, 4.69) is 5.32 Å². The van der Waals surface area contributed by atoms with Gasteiger partial charge in [0, 0.05) is 38.6 Å². The van der Waals surface area contributed by atoms with Crippen molar-refractivity contribution in [3.05, 3.63) is 29.8 Å². The number of rotatable bonds is 5. The summed E-state index contributed by atoms with van der Waals surface area (Å²) in [5.41, 5.74) is 1.08. The molecule has 2 heterocycles. The minimum Gasteiger partial charge on any atom is -0.496 e. The smallest absolute Gasteiger partial charge is 0.317 e. The summed E-state index contributed by atoms with van der Waals surface area (Å²) in [6, 6.07) is 7.78. The van der Waals surface area contributed by atoms with Crippen LogP contribution in [0.5, 0.6) is 5.75 Å². The number of urea groups is 1. The number of piperidine rings is 1. The van der Waals surface area contributed by atoms with Gasteiger partial charge in [0.25, 0.3) is 0 Å². The van der Waals surface area contributed by atoms with Crippen LogP contribution < -0.4 is 10.1 Å². The maximum Gasteiger partial charge on any atom is 0.317 e. The fourth-order valence-corrected chi connectivity index (χ4v) is 3.70. The number of nitrogens with one attached hydrogen (secondary N) is 1. The molecule has 0 unspecified atom stereocenters. The standard InChI is InChI=1S/C20H29N3O4/c1-26-18-5-3-2-4-16(18)6-9-21-20(25)23-10-7-17(8-11-23)19(24)22-12-14-27-15-13-22/h2-5,17H,6-15H2,1H3,(H,21,25). The van der Waals surface area contributed by atoms with Crippen molar-refractivity contribution in [1.29, 1.82) is 0 Å². The minimum atomic E-state index is -0.0535. The third-order valence-electron chi connectivity index (χ3n) is 5.32. The van der Waals surface area contributed by atoms with Crippen molar-refractivity contribution in [1.82, 2.24) is 15.1 Å². The summed E-state index contributed by atoms with van der Waals surface area (Å²) >= 11 is 0. The SMILES string of the molecule is COc1ccccc1CCNC(=O)N1CCC(C(=O)N2CCOCC2)CC1. The van der Waals surface area contributed by atoms with E-state index in [1.165, 1.54) is 0 Å². The van der Waals surface area contributed by atoms with E-state index in [0.717, 1.165) is 30.6 Å². The Kier molecular flexibility index (Phi) is 6.92. The topological polar surface area (TPSA) is 71.1 Å². The molecule has 148 valence electrons. The van der Waals surface area contributed by atoms with Crippen LogP contribution in [0.3, 0.4) is 0 Å². The first kappa shape index (κ1) is 19.5. The van der Waals surface area contributed by atoms with Crippen LogP contribution in [0.15, 0.2) is 24.3 Å². The molecule has 2 saturated heterocycles. The molecular weight excluding hydrogens is 346 g/mol. The molecule has 1 aromatic carbocycles. The van der Waals surface area contributed by atoms with Gasteiger partial charge in [0.05, 0.1) is 20.3 Å². The molecule has 7 heteroatoms. The molecule has 27 heavy (non-hydrogen) atoms. The molecule has 1 N–H and O–H groups in total. The number of methoxy groups -OCH3 is 1. The maximum atomic E-state index is 12.6. The number of nitrogens with zero attached hydrogens (tertiary/aromatic N) is 2. The highest BCUT2D eigenvalue weighted by Gasteiger charge is 2.30.